The fraction of sp³-hybridized carbons (Fsp3) is 0.273. The minimum Gasteiger partial charge on any atom is -0.478 e. The van der Waals surface area contributed by atoms with E-state index < -0.39 is 5.97 Å². The number of carbonyl (C=O) groups is 1. The molecule has 1 aliphatic heterocycles. The van der Waals surface area contributed by atoms with Gasteiger partial charge in [0.2, 0.25) is 0 Å². The van der Waals surface area contributed by atoms with Crippen LogP contribution in [0.25, 0.3) is 10.9 Å². The topological polar surface area (TPSA) is 64.3 Å². The molecular weight excluding hydrogens is 208 g/mol. The molecule has 1 N–H and O–H groups in total. The molecule has 5 nitrogen and oxygen atoms in total. The summed E-state index contributed by atoms with van der Waals surface area (Å²) < 4.78 is 6.95. The Labute approximate surface area is 91.2 Å². The Morgan fingerprint density at radius 3 is 2.94 bits per heavy atom. The molecule has 3 rings (SSSR count). The summed E-state index contributed by atoms with van der Waals surface area (Å²) in [7, 11) is 0. The molecule has 1 fully saturated rings. The lowest BCUT2D eigenvalue weighted by molar-refractivity contribution is -0.0266. The summed E-state index contributed by atoms with van der Waals surface area (Å²) in [6, 6.07) is 5.26. The van der Waals surface area contributed by atoms with E-state index in [9.17, 15) is 4.79 Å². The van der Waals surface area contributed by atoms with Crippen molar-refractivity contribution in [2.75, 3.05) is 13.2 Å². The maximum absolute atomic E-state index is 10.9. The Hall–Kier alpha value is -1.88. The zero-order valence-corrected chi connectivity index (χ0v) is 8.46. The quantitative estimate of drug-likeness (QED) is 0.825. The minimum absolute atomic E-state index is 0.238. The van der Waals surface area contributed by atoms with Gasteiger partial charge in [0.1, 0.15) is 0 Å². The molecule has 0 amide bonds. The monoisotopic (exact) mass is 218 g/mol. The standard InChI is InChI=1S/C11H10N2O3/c14-11(15)7-1-2-8-4-12-13(10(8)3-7)9-5-16-6-9/h1-4,9H,5-6H2,(H,14,15). The first-order chi connectivity index (χ1) is 7.75. The van der Waals surface area contributed by atoms with Gasteiger partial charge in [-0.3, -0.25) is 4.68 Å². The summed E-state index contributed by atoms with van der Waals surface area (Å²) in [6.45, 7) is 1.29. The van der Waals surface area contributed by atoms with Gasteiger partial charge in [-0.05, 0) is 12.1 Å². The average Bonchev–Trinajstić information content (AvgIpc) is 2.59. The van der Waals surface area contributed by atoms with Crippen molar-refractivity contribution in [3.05, 3.63) is 30.0 Å². The number of rotatable bonds is 2. The van der Waals surface area contributed by atoms with E-state index in [1.165, 1.54) is 0 Å². The molecule has 0 atom stereocenters. The van der Waals surface area contributed by atoms with Gasteiger partial charge in [0, 0.05) is 5.39 Å². The van der Waals surface area contributed by atoms with Crippen molar-refractivity contribution in [3.8, 4) is 0 Å². The largest absolute Gasteiger partial charge is 0.478 e. The van der Waals surface area contributed by atoms with Gasteiger partial charge in [-0.2, -0.15) is 5.10 Å². The fourth-order valence-corrected chi connectivity index (χ4v) is 1.83. The van der Waals surface area contributed by atoms with Crippen LogP contribution in [0.15, 0.2) is 24.4 Å². The third-order valence-corrected chi connectivity index (χ3v) is 2.81. The molecule has 1 aromatic heterocycles. The van der Waals surface area contributed by atoms with Gasteiger partial charge in [-0.25, -0.2) is 4.79 Å². The highest BCUT2D eigenvalue weighted by Gasteiger charge is 2.23. The summed E-state index contributed by atoms with van der Waals surface area (Å²) in [6.07, 6.45) is 1.75. The normalized spacial score (nSPS) is 16.2. The van der Waals surface area contributed by atoms with Crippen molar-refractivity contribution in [3.63, 3.8) is 0 Å². The maximum Gasteiger partial charge on any atom is 0.335 e. The molecule has 0 bridgehead atoms. The number of aromatic nitrogens is 2. The molecule has 16 heavy (non-hydrogen) atoms. The van der Waals surface area contributed by atoms with Crippen LogP contribution in [-0.4, -0.2) is 34.1 Å². The summed E-state index contributed by atoms with van der Waals surface area (Å²) in [4.78, 5) is 10.9. The first-order valence-electron chi connectivity index (χ1n) is 5.04. The first-order valence-corrected chi connectivity index (χ1v) is 5.04. The van der Waals surface area contributed by atoms with Crippen LogP contribution in [0.5, 0.6) is 0 Å². The predicted octanol–water partition coefficient (Wildman–Crippen LogP) is 1.31. The van der Waals surface area contributed by atoms with E-state index in [1.54, 1.807) is 24.4 Å². The summed E-state index contributed by atoms with van der Waals surface area (Å²) in [5.74, 6) is -0.917. The third kappa shape index (κ3) is 1.29. The van der Waals surface area contributed by atoms with E-state index in [-0.39, 0.29) is 11.6 Å². The van der Waals surface area contributed by atoms with Crippen molar-refractivity contribution in [2.24, 2.45) is 0 Å². The Morgan fingerprint density at radius 1 is 1.50 bits per heavy atom. The number of benzene rings is 1. The molecule has 1 aliphatic rings. The number of carboxylic acids is 1. The Morgan fingerprint density at radius 2 is 2.31 bits per heavy atom. The Balaban J connectivity index is 2.15. The van der Waals surface area contributed by atoms with Gasteiger partial charge in [0.05, 0.1) is 36.5 Å². The summed E-state index contributed by atoms with van der Waals surface area (Å²) in [5, 5.41) is 14.1. The van der Waals surface area contributed by atoms with E-state index in [1.807, 2.05) is 4.68 Å². The van der Waals surface area contributed by atoms with Crippen LogP contribution in [-0.2, 0) is 4.74 Å². The highest BCUT2D eigenvalue weighted by atomic mass is 16.5. The van der Waals surface area contributed by atoms with Crippen LogP contribution >= 0.6 is 0 Å². The number of carboxylic acid groups (broad SMARTS) is 1. The predicted molar refractivity (Wildman–Crippen MR) is 56.5 cm³/mol. The van der Waals surface area contributed by atoms with Crippen molar-refractivity contribution in [1.29, 1.82) is 0 Å². The van der Waals surface area contributed by atoms with Gasteiger partial charge in [-0.1, -0.05) is 6.07 Å². The smallest absolute Gasteiger partial charge is 0.335 e. The Kier molecular flexibility index (Phi) is 1.94. The van der Waals surface area contributed by atoms with Crippen LogP contribution < -0.4 is 0 Å². The molecule has 0 spiro atoms. The molecule has 5 heteroatoms. The van der Waals surface area contributed by atoms with Crippen molar-refractivity contribution < 1.29 is 14.6 Å². The molecule has 0 aliphatic carbocycles. The van der Waals surface area contributed by atoms with E-state index in [2.05, 4.69) is 5.10 Å². The second-order valence-corrected chi connectivity index (χ2v) is 3.86. The molecule has 0 unspecified atom stereocenters. The molecule has 1 saturated heterocycles. The van der Waals surface area contributed by atoms with Crippen LogP contribution in [0.4, 0.5) is 0 Å². The van der Waals surface area contributed by atoms with Gasteiger partial charge in [-0.15, -0.1) is 0 Å². The number of hydrogen-bond donors (Lipinski definition) is 1. The van der Waals surface area contributed by atoms with Crippen molar-refractivity contribution in [2.45, 2.75) is 6.04 Å². The third-order valence-electron chi connectivity index (χ3n) is 2.81. The number of ether oxygens (including phenoxy) is 1. The first kappa shape index (κ1) is 9.35. The average molecular weight is 218 g/mol. The summed E-state index contributed by atoms with van der Waals surface area (Å²) in [5.41, 5.74) is 1.14. The second-order valence-electron chi connectivity index (χ2n) is 3.86. The molecule has 0 radical (unpaired) electrons. The van der Waals surface area contributed by atoms with Crippen LogP contribution in [0.1, 0.15) is 16.4 Å². The molecule has 0 saturated carbocycles. The van der Waals surface area contributed by atoms with Gasteiger partial charge in [0.25, 0.3) is 0 Å². The van der Waals surface area contributed by atoms with E-state index >= 15 is 0 Å². The molecule has 1 aromatic carbocycles. The Bertz CT molecular complexity index is 557. The van der Waals surface area contributed by atoms with E-state index in [4.69, 9.17) is 9.84 Å². The number of fused-ring (bicyclic) bond motifs is 1. The van der Waals surface area contributed by atoms with Crippen molar-refractivity contribution in [1.82, 2.24) is 9.78 Å². The number of aromatic carboxylic acids is 1. The lowest BCUT2D eigenvalue weighted by Crippen LogP contribution is -2.31. The lowest BCUT2D eigenvalue weighted by Gasteiger charge is -2.26. The van der Waals surface area contributed by atoms with Crippen LogP contribution in [0.3, 0.4) is 0 Å². The molecule has 82 valence electrons. The van der Waals surface area contributed by atoms with Gasteiger partial charge in [0.15, 0.2) is 0 Å². The lowest BCUT2D eigenvalue weighted by atomic mass is 10.1. The maximum atomic E-state index is 10.9. The van der Waals surface area contributed by atoms with E-state index in [0.29, 0.717) is 13.2 Å². The molecule has 2 aromatic rings. The van der Waals surface area contributed by atoms with E-state index in [0.717, 1.165) is 10.9 Å². The van der Waals surface area contributed by atoms with Crippen LogP contribution in [0, 0.1) is 0 Å². The highest BCUT2D eigenvalue weighted by molar-refractivity contribution is 5.93. The molecular formula is C11H10N2O3. The minimum atomic E-state index is -0.917. The summed E-state index contributed by atoms with van der Waals surface area (Å²) >= 11 is 0. The molecule has 2 heterocycles. The number of hydrogen-bond acceptors (Lipinski definition) is 3. The SMILES string of the molecule is O=C(O)c1ccc2cnn(C3COC3)c2c1. The second kappa shape index (κ2) is 3.31. The van der Waals surface area contributed by atoms with Gasteiger partial charge >= 0.3 is 5.97 Å². The highest BCUT2D eigenvalue weighted by Crippen LogP contribution is 2.23. The van der Waals surface area contributed by atoms with Gasteiger partial charge < -0.3 is 9.84 Å². The zero-order valence-electron chi connectivity index (χ0n) is 8.46. The number of nitrogens with zero attached hydrogens (tertiary/aromatic N) is 2. The van der Waals surface area contributed by atoms with Crippen LogP contribution in [0.2, 0.25) is 0 Å². The van der Waals surface area contributed by atoms with Crippen molar-refractivity contribution >= 4 is 16.9 Å². The fourth-order valence-electron chi connectivity index (χ4n) is 1.83. The zero-order chi connectivity index (χ0) is 11.1.